The molecule has 0 aliphatic carbocycles. The average molecular weight is 343 g/mol. The summed E-state index contributed by atoms with van der Waals surface area (Å²) in [5.74, 6) is -0.0111. The molecule has 1 heterocycles. The summed E-state index contributed by atoms with van der Waals surface area (Å²) in [6, 6.07) is 23.5. The molecule has 0 unspecified atom stereocenters. The highest BCUT2D eigenvalue weighted by Gasteiger charge is 2.26. The van der Waals surface area contributed by atoms with E-state index in [1.165, 1.54) is 0 Å². The lowest BCUT2D eigenvalue weighted by molar-refractivity contribution is 0.0527. The van der Waals surface area contributed by atoms with Crippen molar-refractivity contribution in [3.05, 3.63) is 78.4 Å². The number of hydrogen-bond donors (Lipinski definition) is 0. The average Bonchev–Trinajstić information content (AvgIpc) is 3.14. The van der Waals surface area contributed by atoms with Crippen molar-refractivity contribution in [1.82, 2.24) is 5.16 Å². The fraction of sp³-hybridized carbons (Fsp3) is 0.0909. The minimum absolute atomic E-state index is 0.287. The van der Waals surface area contributed by atoms with E-state index >= 15 is 0 Å². The fourth-order valence-electron chi connectivity index (χ4n) is 3.00. The number of aromatic nitrogens is 1. The van der Waals surface area contributed by atoms with E-state index in [9.17, 15) is 4.79 Å². The van der Waals surface area contributed by atoms with Crippen LogP contribution in [0.15, 0.2) is 77.3 Å². The number of hydrogen-bond acceptors (Lipinski definition) is 4. The van der Waals surface area contributed by atoms with Crippen molar-refractivity contribution in [2.45, 2.75) is 6.92 Å². The Balaban J connectivity index is 1.90. The summed E-state index contributed by atoms with van der Waals surface area (Å²) in [6.45, 7) is 2.07. The van der Waals surface area contributed by atoms with Crippen LogP contribution < -0.4 is 0 Å². The van der Waals surface area contributed by atoms with Crippen LogP contribution >= 0.6 is 0 Å². The Kier molecular flexibility index (Phi) is 4.23. The Morgan fingerprint density at radius 2 is 1.65 bits per heavy atom. The first-order valence-electron chi connectivity index (χ1n) is 8.49. The van der Waals surface area contributed by atoms with E-state index in [0.29, 0.717) is 17.0 Å². The maximum Gasteiger partial charge on any atom is 0.344 e. The summed E-state index contributed by atoms with van der Waals surface area (Å²) < 4.78 is 10.8. The van der Waals surface area contributed by atoms with Gasteiger partial charge in [-0.05, 0) is 23.8 Å². The molecule has 0 amide bonds. The van der Waals surface area contributed by atoms with Crippen LogP contribution in [0.5, 0.6) is 0 Å². The molecule has 0 atom stereocenters. The normalized spacial score (nSPS) is 10.8. The zero-order chi connectivity index (χ0) is 17.9. The minimum atomic E-state index is -0.434. The predicted octanol–water partition coefficient (Wildman–Crippen LogP) is 5.34. The van der Waals surface area contributed by atoms with Gasteiger partial charge >= 0.3 is 5.97 Å². The lowest BCUT2D eigenvalue weighted by Gasteiger charge is -2.05. The van der Waals surface area contributed by atoms with Crippen molar-refractivity contribution in [1.29, 1.82) is 0 Å². The van der Waals surface area contributed by atoms with Gasteiger partial charge in [-0.3, -0.25) is 0 Å². The van der Waals surface area contributed by atoms with Gasteiger partial charge in [0.15, 0.2) is 5.76 Å². The largest absolute Gasteiger partial charge is 0.462 e. The van der Waals surface area contributed by atoms with E-state index in [-0.39, 0.29) is 6.61 Å². The fourth-order valence-corrected chi connectivity index (χ4v) is 3.00. The summed E-state index contributed by atoms with van der Waals surface area (Å²) >= 11 is 0. The van der Waals surface area contributed by atoms with E-state index in [2.05, 4.69) is 5.16 Å². The van der Waals surface area contributed by atoms with E-state index < -0.39 is 5.97 Å². The summed E-state index contributed by atoms with van der Waals surface area (Å²) in [5.41, 5.74) is 2.45. The zero-order valence-electron chi connectivity index (χ0n) is 14.3. The number of benzene rings is 3. The summed E-state index contributed by atoms with van der Waals surface area (Å²) in [6.07, 6.45) is 0. The van der Waals surface area contributed by atoms with Crippen molar-refractivity contribution in [2.75, 3.05) is 6.61 Å². The second-order valence-corrected chi connectivity index (χ2v) is 5.88. The zero-order valence-corrected chi connectivity index (χ0v) is 14.3. The topological polar surface area (TPSA) is 52.3 Å². The first-order valence-corrected chi connectivity index (χ1v) is 8.49. The van der Waals surface area contributed by atoms with E-state index in [1.54, 1.807) is 6.92 Å². The number of nitrogens with zero attached hydrogens (tertiary/aromatic N) is 1. The maximum absolute atomic E-state index is 12.6. The number of fused-ring (bicyclic) bond motifs is 1. The Hall–Kier alpha value is -3.40. The van der Waals surface area contributed by atoms with Crippen LogP contribution in [0.4, 0.5) is 0 Å². The molecular formula is C22H17NO3. The SMILES string of the molecule is CCOC(=O)c1c(-c2ccc3ccccc3c2)noc1-c1ccccc1. The van der Waals surface area contributed by atoms with Gasteiger partial charge in [-0.25, -0.2) is 4.79 Å². The smallest absolute Gasteiger partial charge is 0.344 e. The van der Waals surface area contributed by atoms with Crippen molar-refractivity contribution in [3.8, 4) is 22.6 Å². The Morgan fingerprint density at radius 3 is 2.42 bits per heavy atom. The molecule has 3 aromatic carbocycles. The molecule has 4 nitrogen and oxygen atoms in total. The van der Waals surface area contributed by atoms with Gasteiger partial charge in [-0.15, -0.1) is 0 Å². The second kappa shape index (κ2) is 6.84. The van der Waals surface area contributed by atoms with Crippen LogP contribution in [0.1, 0.15) is 17.3 Å². The molecular weight excluding hydrogens is 326 g/mol. The summed E-state index contributed by atoms with van der Waals surface area (Å²) in [7, 11) is 0. The molecule has 0 N–H and O–H groups in total. The number of ether oxygens (including phenoxy) is 1. The molecule has 0 saturated heterocycles. The van der Waals surface area contributed by atoms with Gasteiger partial charge in [0.2, 0.25) is 0 Å². The van der Waals surface area contributed by atoms with Crippen LogP contribution in [0.25, 0.3) is 33.4 Å². The molecule has 0 fully saturated rings. The quantitative estimate of drug-likeness (QED) is 0.469. The Labute approximate surface area is 151 Å². The van der Waals surface area contributed by atoms with Crippen molar-refractivity contribution < 1.29 is 14.1 Å². The van der Waals surface area contributed by atoms with E-state index in [0.717, 1.165) is 21.9 Å². The van der Waals surface area contributed by atoms with E-state index in [4.69, 9.17) is 9.26 Å². The van der Waals surface area contributed by atoms with E-state index in [1.807, 2.05) is 72.8 Å². The molecule has 4 rings (SSSR count). The number of carbonyl (C=O) groups is 1. The molecule has 0 spiro atoms. The number of rotatable bonds is 4. The summed E-state index contributed by atoms with van der Waals surface area (Å²) in [4.78, 5) is 12.6. The lowest BCUT2D eigenvalue weighted by atomic mass is 10.00. The van der Waals surface area contributed by atoms with Crippen molar-refractivity contribution >= 4 is 16.7 Å². The van der Waals surface area contributed by atoms with Gasteiger partial charge < -0.3 is 9.26 Å². The van der Waals surface area contributed by atoms with Gasteiger partial charge in [-0.1, -0.05) is 71.9 Å². The third-order valence-electron chi connectivity index (χ3n) is 4.23. The molecule has 0 saturated carbocycles. The molecule has 128 valence electrons. The second-order valence-electron chi connectivity index (χ2n) is 5.88. The van der Waals surface area contributed by atoms with Gasteiger partial charge in [0.1, 0.15) is 11.3 Å². The number of esters is 1. The predicted molar refractivity (Wildman–Crippen MR) is 101 cm³/mol. The molecule has 0 bridgehead atoms. The minimum Gasteiger partial charge on any atom is -0.462 e. The highest BCUT2D eigenvalue weighted by molar-refractivity contribution is 6.02. The highest BCUT2D eigenvalue weighted by atomic mass is 16.5. The van der Waals surface area contributed by atoms with Gasteiger partial charge in [-0.2, -0.15) is 0 Å². The van der Waals surface area contributed by atoms with Crippen LogP contribution in [0.3, 0.4) is 0 Å². The number of carbonyl (C=O) groups excluding carboxylic acids is 1. The highest BCUT2D eigenvalue weighted by Crippen LogP contribution is 2.34. The third kappa shape index (κ3) is 2.86. The molecule has 0 aliphatic heterocycles. The Bertz CT molecular complexity index is 1070. The molecule has 1 aromatic heterocycles. The summed E-state index contributed by atoms with van der Waals surface area (Å²) in [5, 5.41) is 6.40. The van der Waals surface area contributed by atoms with Crippen LogP contribution in [-0.2, 0) is 4.74 Å². The molecule has 4 aromatic rings. The van der Waals surface area contributed by atoms with Crippen LogP contribution in [-0.4, -0.2) is 17.7 Å². The molecule has 4 heteroatoms. The van der Waals surface area contributed by atoms with Gasteiger partial charge in [0, 0.05) is 11.1 Å². The first kappa shape index (κ1) is 16.1. The van der Waals surface area contributed by atoms with Gasteiger partial charge in [0.05, 0.1) is 6.61 Å². The maximum atomic E-state index is 12.6. The monoisotopic (exact) mass is 343 g/mol. The van der Waals surface area contributed by atoms with Crippen molar-refractivity contribution in [3.63, 3.8) is 0 Å². The van der Waals surface area contributed by atoms with Crippen LogP contribution in [0, 0.1) is 0 Å². The molecule has 0 radical (unpaired) electrons. The lowest BCUT2D eigenvalue weighted by Crippen LogP contribution is -2.06. The third-order valence-corrected chi connectivity index (χ3v) is 4.23. The standard InChI is InChI=1S/C22H17NO3/c1-2-25-22(24)19-20(23-26-21(19)16-9-4-3-5-10-16)18-13-12-15-8-6-7-11-17(15)14-18/h3-14H,2H2,1H3. The van der Waals surface area contributed by atoms with Gasteiger partial charge in [0.25, 0.3) is 0 Å². The first-order chi connectivity index (χ1) is 12.8. The molecule has 0 aliphatic rings. The Morgan fingerprint density at radius 1 is 0.923 bits per heavy atom. The van der Waals surface area contributed by atoms with Crippen molar-refractivity contribution in [2.24, 2.45) is 0 Å². The molecule has 26 heavy (non-hydrogen) atoms. The van der Waals surface area contributed by atoms with Crippen LogP contribution in [0.2, 0.25) is 0 Å².